The molecule has 3 fully saturated rings. The molecule has 116 valence electrons. The van der Waals surface area contributed by atoms with Crippen LogP contribution in [-0.4, -0.2) is 62.2 Å². The van der Waals surface area contributed by atoms with E-state index in [1.807, 2.05) is 0 Å². The van der Waals surface area contributed by atoms with Crippen molar-refractivity contribution in [3.8, 4) is 0 Å². The van der Waals surface area contributed by atoms with Crippen LogP contribution >= 0.6 is 0 Å². The van der Waals surface area contributed by atoms with E-state index in [9.17, 15) is 0 Å². The van der Waals surface area contributed by atoms with Gasteiger partial charge in [-0.05, 0) is 37.1 Å². The average Bonchev–Trinajstić information content (AvgIpc) is 2.89. The fraction of sp³-hybridized carbons (Fsp3) is 1.00. The van der Waals surface area contributed by atoms with E-state index in [4.69, 9.17) is 0 Å². The number of hydrogen-bond donors (Lipinski definition) is 1. The Kier molecular flexibility index (Phi) is 5.00. The van der Waals surface area contributed by atoms with E-state index in [0.29, 0.717) is 5.41 Å². The van der Waals surface area contributed by atoms with Crippen LogP contribution in [0.3, 0.4) is 0 Å². The number of piperazine rings is 1. The van der Waals surface area contributed by atoms with Gasteiger partial charge < -0.3 is 15.1 Å². The third-order valence-electron chi connectivity index (χ3n) is 5.77. The van der Waals surface area contributed by atoms with Gasteiger partial charge in [-0.25, -0.2) is 0 Å². The summed E-state index contributed by atoms with van der Waals surface area (Å²) in [4.78, 5) is 5.45. The maximum Gasteiger partial charge on any atom is 0.0110 e. The van der Waals surface area contributed by atoms with Gasteiger partial charge in [-0.3, -0.25) is 0 Å². The van der Waals surface area contributed by atoms with E-state index in [1.165, 1.54) is 90.9 Å². The van der Waals surface area contributed by atoms with Crippen molar-refractivity contribution in [2.24, 2.45) is 11.3 Å². The lowest BCUT2D eigenvalue weighted by Gasteiger charge is -2.40. The Morgan fingerprint density at radius 2 is 1.70 bits per heavy atom. The molecule has 0 aromatic carbocycles. The molecule has 2 heterocycles. The predicted octanol–water partition coefficient (Wildman–Crippen LogP) is 2.18. The van der Waals surface area contributed by atoms with Crippen molar-refractivity contribution in [2.75, 3.05) is 52.4 Å². The molecular formula is C17H33N3. The van der Waals surface area contributed by atoms with Gasteiger partial charge in [-0.1, -0.05) is 26.2 Å². The van der Waals surface area contributed by atoms with Gasteiger partial charge in [-0.2, -0.15) is 0 Å². The van der Waals surface area contributed by atoms with Crippen molar-refractivity contribution >= 4 is 0 Å². The molecule has 3 aliphatic rings. The molecule has 0 amide bonds. The highest BCUT2D eigenvalue weighted by Gasteiger charge is 2.32. The Morgan fingerprint density at radius 1 is 1.00 bits per heavy atom. The van der Waals surface area contributed by atoms with Crippen LogP contribution in [0.5, 0.6) is 0 Å². The van der Waals surface area contributed by atoms with Crippen LogP contribution in [0.25, 0.3) is 0 Å². The SMILES string of the molecule is CC1(CN2CCN(CC3CCCCC3)CC2)CCNC1. The summed E-state index contributed by atoms with van der Waals surface area (Å²) in [6, 6.07) is 0. The third-order valence-corrected chi connectivity index (χ3v) is 5.77. The van der Waals surface area contributed by atoms with Crippen LogP contribution in [0, 0.1) is 11.3 Å². The summed E-state index contributed by atoms with van der Waals surface area (Å²) in [6.45, 7) is 12.8. The molecule has 0 aromatic rings. The molecule has 1 unspecified atom stereocenters. The minimum absolute atomic E-state index is 0.533. The molecule has 3 nitrogen and oxygen atoms in total. The highest BCUT2D eigenvalue weighted by atomic mass is 15.3. The van der Waals surface area contributed by atoms with Gasteiger partial charge in [0, 0.05) is 45.8 Å². The molecule has 3 rings (SSSR count). The van der Waals surface area contributed by atoms with E-state index in [1.54, 1.807) is 0 Å². The largest absolute Gasteiger partial charge is 0.316 e. The Hall–Kier alpha value is -0.120. The molecule has 1 aliphatic carbocycles. The molecule has 1 atom stereocenters. The van der Waals surface area contributed by atoms with Crippen molar-refractivity contribution in [1.29, 1.82) is 0 Å². The van der Waals surface area contributed by atoms with Crippen LogP contribution in [0.4, 0.5) is 0 Å². The Labute approximate surface area is 125 Å². The maximum absolute atomic E-state index is 3.53. The minimum Gasteiger partial charge on any atom is -0.316 e. The lowest BCUT2D eigenvalue weighted by Crippen LogP contribution is -2.50. The highest BCUT2D eigenvalue weighted by molar-refractivity contribution is 4.88. The monoisotopic (exact) mass is 279 g/mol. The molecule has 0 aromatic heterocycles. The zero-order valence-electron chi connectivity index (χ0n) is 13.4. The topological polar surface area (TPSA) is 18.5 Å². The number of hydrogen-bond acceptors (Lipinski definition) is 3. The molecule has 0 bridgehead atoms. The summed E-state index contributed by atoms with van der Waals surface area (Å²) < 4.78 is 0. The Morgan fingerprint density at radius 3 is 2.35 bits per heavy atom. The van der Waals surface area contributed by atoms with Crippen LogP contribution in [0.15, 0.2) is 0 Å². The standard InChI is InChI=1S/C17H33N3/c1-17(7-8-18-14-17)15-20-11-9-19(10-12-20)13-16-5-3-2-4-6-16/h16,18H,2-15H2,1H3. The molecular weight excluding hydrogens is 246 g/mol. The molecule has 2 aliphatic heterocycles. The lowest BCUT2D eigenvalue weighted by atomic mass is 9.88. The quantitative estimate of drug-likeness (QED) is 0.851. The van der Waals surface area contributed by atoms with Crippen molar-refractivity contribution in [2.45, 2.75) is 45.4 Å². The molecule has 20 heavy (non-hydrogen) atoms. The zero-order chi connectivity index (χ0) is 13.8. The first-order valence-electron chi connectivity index (χ1n) is 8.89. The van der Waals surface area contributed by atoms with Gasteiger partial charge >= 0.3 is 0 Å². The van der Waals surface area contributed by atoms with E-state index in [0.717, 1.165) is 5.92 Å². The summed E-state index contributed by atoms with van der Waals surface area (Å²) >= 11 is 0. The van der Waals surface area contributed by atoms with Gasteiger partial charge in [0.25, 0.3) is 0 Å². The van der Waals surface area contributed by atoms with Gasteiger partial charge in [0.15, 0.2) is 0 Å². The number of nitrogens with one attached hydrogen (secondary N) is 1. The van der Waals surface area contributed by atoms with Crippen LogP contribution in [-0.2, 0) is 0 Å². The van der Waals surface area contributed by atoms with Crippen LogP contribution in [0.1, 0.15) is 45.4 Å². The Balaban J connectivity index is 1.38. The second-order valence-electron chi connectivity index (χ2n) is 7.82. The predicted molar refractivity (Wildman–Crippen MR) is 85.0 cm³/mol. The van der Waals surface area contributed by atoms with Crippen molar-refractivity contribution in [1.82, 2.24) is 15.1 Å². The van der Waals surface area contributed by atoms with Crippen molar-refractivity contribution in [3.05, 3.63) is 0 Å². The number of rotatable bonds is 4. The van der Waals surface area contributed by atoms with Crippen LogP contribution in [0.2, 0.25) is 0 Å². The summed E-state index contributed by atoms with van der Waals surface area (Å²) in [6.07, 6.45) is 8.78. The van der Waals surface area contributed by atoms with E-state index in [-0.39, 0.29) is 0 Å². The smallest absolute Gasteiger partial charge is 0.0110 e. The Bertz CT molecular complexity index is 285. The third kappa shape index (κ3) is 3.96. The van der Waals surface area contributed by atoms with Crippen LogP contribution < -0.4 is 5.32 Å². The fourth-order valence-electron chi connectivity index (χ4n) is 4.41. The molecule has 1 N–H and O–H groups in total. The van der Waals surface area contributed by atoms with Crippen molar-refractivity contribution in [3.63, 3.8) is 0 Å². The summed E-state index contributed by atoms with van der Waals surface area (Å²) in [5, 5.41) is 3.53. The van der Waals surface area contributed by atoms with Gasteiger partial charge in [0.2, 0.25) is 0 Å². The second-order valence-corrected chi connectivity index (χ2v) is 7.82. The van der Waals surface area contributed by atoms with Gasteiger partial charge in [-0.15, -0.1) is 0 Å². The number of nitrogens with zero attached hydrogens (tertiary/aromatic N) is 2. The zero-order valence-corrected chi connectivity index (χ0v) is 13.4. The summed E-state index contributed by atoms with van der Waals surface area (Å²) in [5.74, 6) is 1.01. The maximum atomic E-state index is 3.53. The highest BCUT2D eigenvalue weighted by Crippen LogP contribution is 2.27. The molecule has 2 saturated heterocycles. The minimum atomic E-state index is 0.533. The normalized spacial score (nSPS) is 34.6. The molecule has 0 radical (unpaired) electrons. The molecule has 1 saturated carbocycles. The van der Waals surface area contributed by atoms with E-state index in [2.05, 4.69) is 22.0 Å². The van der Waals surface area contributed by atoms with Gasteiger partial charge in [0.1, 0.15) is 0 Å². The molecule has 0 spiro atoms. The fourth-order valence-corrected chi connectivity index (χ4v) is 4.41. The lowest BCUT2D eigenvalue weighted by molar-refractivity contribution is 0.0830. The average molecular weight is 279 g/mol. The summed E-state index contributed by atoms with van der Waals surface area (Å²) in [5.41, 5.74) is 0.533. The summed E-state index contributed by atoms with van der Waals surface area (Å²) in [7, 11) is 0. The van der Waals surface area contributed by atoms with Crippen molar-refractivity contribution < 1.29 is 0 Å². The first kappa shape index (κ1) is 14.8. The van der Waals surface area contributed by atoms with E-state index < -0.39 is 0 Å². The first-order chi connectivity index (χ1) is 9.73. The second kappa shape index (κ2) is 6.76. The van der Waals surface area contributed by atoms with E-state index >= 15 is 0 Å². The first-order valence-corrected chi connectivity index (χ1v) is 8.89. The molecule has 3 heteroatoms. The van der Waals surface area contributed by atoms with Gasteiger partial charge in [0.05, 0.1) is 0 Å².